The smallest absolute Gasteiger partial charge is 0.330 e. The van der Waals surface area contributed by atoms with Gasteiger partial charge in [0.05, 0.1) is 17.2 Å². The Morgan fingerprint density at radius 1 is 1.59 bits per heavy atom. The van der Waals surface area contributed by atoms with E-state index in [4.69, 9.17) is 4.74 Å². The highest BCUT2D eigenvalue weighted by Crippen LogP contribution is 2.24. The normalized spacial score (nSPS) is 10.9. The first-order chi connectivity index (χ1) is 8.29. The summed E-state index contributed by atoms with van der Waals surface area (Å²) in [7, 11) is 0. The fourth-order valence-electron chi connectivity index (χ4n) is 1.44. The van der Waals surface area contributed by atoms with Crippen LogP contribution in [0.5, 0.6) is 0 Å². The summed E-state index contributed by atoms with van der Waals surface area (Å²) in [6, 6.07) is 6.06. The van der Waals surface area contributed by atoms with Crippen LogP contribution >= 0.6 is 11.3 Å². The second kappa shape index (κ2) is 5.50. The zero-order valence-corrected chi connectivity index (χ0v) is 10.3. The van der Waals surface area contributed by atoms with Gasteiger partial charge in [-0.15, -0.1) is 11.3 Å². The lowest BCUT2D eigenvalue weighted by Gasteiger charge is -1.93. The Morgan fingerprint density at radius 2 is 2.47 bits per heavy atom. The Kier molecular flexibility index (Phi) is 3.77. The molecule has 2 heterocycles. The highest BCUT2D eigenvalue weighted by atomic mass is 32.1. The number of carbonyl (C=O) groups excluding carboxylic acids is 1. The zero-order valence-electron chi connectivity index (χ0n) is 9.47. The lowest BCUT2D eigenvalue weighted by atomic mass is 10.2. The standard InChI is InChI=1S/C13H13NO2S/c1-2-16-13(15)6-5-10-8-11(14-9-10)12-4-3-7-17-12/h3-9,14H,2H2,1H3. The van der Waals surface area contributed by atoms with Crippen LogP contribution in [0.1, 0.15) is 12.5 Å². The third-order valence-corrected chi connectivity index (χ3v) is 3.09. The molecule has 0 saturated heterocycles. The SMILES string of the molecule is CCOC(=O)C=Cc1c[nH]c(-c2cccs2)c1. The van der Waals surface area contributed by atoms with E-state index in [1.807, 2.05) is 23.7 Å². The number of hydrogen-bond donors (Lipinski definition) is 1. The Balaban J connectivity index is 2.06. The lowest BCUT2D eigenvalue weighted by molar-refractivity contribution is -0.137. The molecule has 1 N–H and O–H groups in total. The molecule has 4 heteroatoms. The van der Waals surface area contributed by atoms with E-state index in [1.54, 1.807) is 24.3 Å². The molecule has 0 aliphatic heterocycles. The molecular weight excluding hydrogens is 234 g/mol. The number of carbonyl (C=O) groups is 1. The summed E-state index contributed by atoms with van der Waals surface area (Å²) in [6.45, 7) is 2.19. The van der Waals surface area contributed by atoms with Gasteiger partial charge in [0.25, 0.3) is 0 Å². The average molecular weight is 247 g/mol. The van der Waals surface area contributed by atoms with E-state index in [0.29, 0.717) is 6.61 Å². The molecule has 0 spiro atoms. The summed E-state index contributed by atoms with van der Waals surface area (Å²) >= 11 is 1.67. The lowest BCUT2D eigenvalue weighted by Crippen LogP contribution is -1.98. The minimum Gasteiger partial charge on any atom is -0.463 e. The van der Waals surface area contributed by atoms with Crippen LogP contribution in [0.2, 0.25) is 0 Å². The second-order valence-electron chi connectivity index (χ2n) is 3.41. The van der Waals surface area contributed by atoms with Crippen LogP contribution < -0.4 is 0 Å². The van der Waals surface area contributed by atoms with E-state index in [9.17, 15) is 4.79 Å². The molecule has 0 aliphatic carbocycles. The maximum Gasteiger partial charge on any atom is 0.330 e. The molecule has 2 aromatic heterocycles. The van der Waals surface area contributed by atoms with E-state index >= 15 is 0 Å². The van der Waals surface area contributed by atoms with Gasteiger partial charge in [-0.2, -0.15) is 0 Å². The van der Waals surface area contributed by atoms with Gasteiger partial charge in [0.2, 0.25) is 0 Å². The minimum atomic E-state index is -0.314. The number of rotatable bonds is 4. The fourth-order valence-corrected chi connectivity index (χ4v) is 2.14. The first kappa shape index (κ1) is 11.7. The van der Waals surface area contributed by atoms with Gasteiger partial charge >= 0.3 is 5.97 Å². The Labute approximate surface area is 104 Å². The van der Waals surface area contributed by atoms with Crippen molar-refractivity contribution >= 4 is 23.4 Å². The molecule has 17 heavy (non-hydrogen) atoms. The number of aromatic amines is 1. The molecule has 88 valence electrons. The molecule has 0 atom stereocenters. The third kappa shape index (κ3) is 3.07. The number of thiophene rings is 1. The first-order valence-corrected chi connectivity index (χ1v) is 6.24. The number of H-pyrrole nitrogens is 1. The molecule has 0 bridgehead atoms. The summed E-state index contributed by atoms with van der Waals surface area (Å²) in [5.74, 6) is -0.314. The Morgan fingerprint density at radius 3 is 3.18 bits per heavy atom. The summed E-state index contributed by atoms with van der Waals surface area (Å²) in [5, 5.41) is 2.03. The first-order valence-electron chi connectivity index (χ1n) is 5.36. The maximum atomic E-state index is 11.1. The number of aromatic nitrogens is 1. The molecular formula is C13H13NO2S. The van der Waals surface area contributed by atoms with E-state index in [0.717, 1.165) is 11.3 Å². The van der Waals surface area contributed by atoms with Crippen molar-refractivity contribution in [3.8, 4) is 10.6 Å². The van der Waals surface area contributed by atoms with Crippen molar-refractivity contribution < 1.29 is 9.53 Å². The molecule has 2 rings (SSSR count). The quantitative estimate of drug-likeness (QED) is 0.665. The van der Waals surface area contributed by atoms with E-state index in [1.165, 1.54) is 11.0 Å². The van der Waals surface area contributed by atoms with Gasteiger partial charge in [-0.05, 0) is 36.1 Å². The molecule has 0 aromatic carbocycles. The molecule has 3 nitrogen and oxygen atoms in total. The van der Waals surface area contributed by atoms with E-state index in [-0.39, 0.29) is 5.97 Å². The average Bonchev–Trinajstić information content (AvgIpc) is 2.97. The molecule has 0 aliphatic rings. The number of hydrogen-bond acceptors (Lipinski definition) is 3. The van der Waals surface area contributed by atoms with E-state index < -0.39 is 0 Å². The van der Waals surface area contributed by atoms with Gasteiger partial charge in [-0.1, -0.05) is 6.07 Å². The number of ether oxygens (including phenoxy) is 1. The van der Waals surface area contributed by atoms with Gasteiger partial charge in [-0.3, -0.25) is 0 Å². The van der Waals surface area contributed by atoms with Crippen LogP contribution in [0.4, 0.5) is 0 Å². The number of nitrogens with one attached hydrogen (secondary N) is 1. The largest absolute Gasteiger partial charge is 0.463 e. The maximum absolute atomic E-state index is 11.1. The van der Waals surface area contributed by atoms with Crippen molar-refractivity contribution in [2.75, 3.05) is 6.61 Å². The highest BCUT2D eigenvalue weighted by molar-refractivity contribution is 7.13. The van der Waals surface area contributed by atoms with Crippen LogP contribution in [0.3, 0.4) is 0 Å². The van der Waals surface area contributed by atoms with Crippen LogP contribution in [-0.2, 0) is 9.53 Å². The third-order valence-electron chi connectivity index (χ3n) is 2.19. The number of esters is 1. The summed E-state index contributed by atoms with van der Waals surface area (Å²) in [6.07, 6.45) is 5.04. The Bertz CT molecular complexity index is 511. The molecule has 0 unspecified atom stereocenters. The summed E-state index contributed by atoms with van der Waals surface area (Å²) < 4.78 is 4.81. The minimum absolute atomic E-state index is 0.314. The van der Waals surface area contributed by atoms with Crippen LogP contribution in [0.25, 0.3) is 16.6 Å². The molecule has 0 fully saturated rings. The zero-order chi connectivity index (χ0) is 12.1. The topological polar surface area (TPSA) is 42.1 Å². The molecule has 2 aromatic rings. The van der Waals surface area contributed by atoms with Gasteiger partial charge in [0.1, 0.15) is 0 Å². The second-order valence-corrected chi connectivity index (χ2v) is 4.36. The van der Waals surface area contributed by atoms with Gasteiger partial charge in [0, 0.05) is 12.3 Å². The highest BCUT2D eigenvalue weighted by Gasteiger charge is 2.01. The molecule has 0 saturated carbocycles. The summed E-state index contributed by atoms with van der Waals surface area (Å²) in [4.78, 5) is 15.5. The van der Waals surface area contributed by atoms with Gasteiger partial charge in [0.15, 0.2) is 0 Å². The van der Waals surface area contributed by atoms with Crippen LogP contribution in [-0.4, -0.2) is 17.6 Å². The van der Waals surface area contributed by atoms with Crippen molar-refractivity contribution in [2.45, 2.75) is 6.92 Å². The summed E-state index contributed by atoms with van der Waals surface area (Å²) in [5.41, 5.74) is 2.02. The van der Waals surface area contributed by atoms with Crippen molar-refractivity contribution in [1.29, 1.82) is 0 Å². The van der Waals surface area contributed by atoms with Gasteiger partial charge < -0.3 is 9.72 Å². The Hall–Kier alpha value is -1.81. The van der Waals surface area contributed by atoms with Crippen LogP contribution in [0.15, 0.2) is 35.9 Å². The molecule has 0 amide bonds. The predicted molar refractivity (Wildman–Crippen MR) is 69.8 cm³/mol. The van der Waals surface area contributed by atoms with Gasteiger partial charge in [-0.25, -0.2) is 4.79 Å². The fraction of sp³-hybridized carbons (Fsp3) is 0.154. The van der Waals surface area contributed by atoms with Crippen LogP contribution in [0, 0.1) is 0 Å². The van der Waals surface area contributed by atoms with Crippen molar-refractivity contribution in [3.05, 3.63) is 41.4 Å². The monoisotopic (exact) mass is 247 g/mol. The molecule has 0 radical (unpaired) electrons. The predicted octanol–water partition coefficient (Wildman–Crippen LogP) is 3.32. The van der Waals surface area contributed by atoms with E-state index in [2.05, 4.69) is 11.1 Å². The van der Waals surface area contributed by atoms with Crippen molar-refractivity contribution in [2.24, 2.45) is 0 Å². The van der Waals surface area contributed by atoms with Crippen molar-refractivity contribution in [1.82, 2.24) is 4.98 Å². The van der Waals surface area contributed by atoms with Crippen molar-refractivity contribution in [3.63, 3.8) is 0 Å².